The van der Waals surface area contributed by atoms with E-state index in [-0.39, 0.29) is 5.41 Å². The molecule has 2 rings (SSSR count). The van der Waals surface area contributed by atoms with Crippen molar-refractivity contribution in [3.8, 4) is 11.8 Å². The third kappa shape index (κ3) is 2.68. The number of hydrogen-bond acceptors (Lipinski definition) is 2. The summed E-state index contributed by atoms with van der Waals surface area (Å²) < 4.78 is 5.77. The van der Waals surface area contributed by atoms with Crippen LogP contribution in [0, 0.1) is 17.3 Å². The Morgan fingerprint density at radius 1 is 1.18 bits per heavy atom. The number of hydrogen-bond donors (Lipinski definition) is 0. The summed E-state index contributed by atoms with van der Waals surface area (Å²) in [6.45, 7) is 6.34. The molecule has 1 nitrogen and oxygen atoms in total. The Kier molecular flexibility index (Phi) is 3.22. The minimum Gasteiger partial charge on any atom is -0.449 e. The first-order chi connectivity index (χ1) is 8.01. The van der Waals surface area contributed by atoms with Crippen molar-refractivity contribution < 1.29 is 4.42 Å². The van der Waals surface area contributed by atoms with Crippen LogP contribution in [-0.2, 0) is 0 Å². The predicted octanol–water partition coefficient (Wildman–Crippen LogP) is 4.55. The van der Waals surface area contributed by atoms with Gasteiger partial charge in [-0.15, -0.1) is 0 Å². The lowest BCUT2D eigenvalue weighted by atomic mass is 9.97. The third-order valence-electron chi connectivity index (χ3n) is 2.31. The van der Waals surface area contributed by atoms with Crippen LogP contribution in [0.5, 0.6) is 0 Å². The monoisotopic (exact) mass is 244 g/mol. The van der Waals surface area contributed by atoms with Crippen molar-refractivity contribution in [1.29, 1.82) is 0 Å². The van der Waals surface area contributed by atoms with E-state index in [2.05, 4.69) is 38.7 Å². The highest BCUT2D eigenvalue weighted by Gasteiger charge is 2.12. The molecule has 17 heavy (non-hydrogen) atoms. The molecule has 0 bridgehead atoms. The van der Waals surface area contributed by atoms with Crippen molar-refractivity contribution in [2.45, 2.75) is 25.9 Å². The van der Waals surface area contributed by atoms with Gasteiger partial charge in [0.05, 0.1) is 5.56 Å². The van der Waals surface area contributed by atoms with Crippen LogP contribution < -0.4 is 0 Å². The Morgan fingerprint density at radius 2 is 1.88 bits per heavy atom. The zero-order valence-corrected chi connectivity index (χ0v) is 11.4. The van der Waals surface area contributed by atoms with E-state index in [1.54, 1.807) is 11.8 Å². The van der Waals surface area contributed by atoms with Crippen LogP contribution in [0.25, 0.3) is 11.0 Å². The summed E-state index contributed by atoms with van der Waals surface area (Å²) in [5.74, 6) is 6.53. The Bertz CT molecular complexity index is 591. The van der Waals surface area contributed by atoms with E-state index in [4.69, 9.17) is 4.42 Å². The molecular formula is C15H16OS. The zero-order valence-electron chi connectivity index (χ0n) is 10.6. The quantitative estimate of drug-likeness (QED) is 0.539. The second-order valence-corrected chi connectivity index (χ2v) is 5.74. The van der Waals surface area contributed by atoms with Crippen molar-refractivity contribution in [1.82, 2.24) is 0 Å². The van der Waals surface area contributed by atoms with Gasteiger partial charge in [0.25, 0.3) is 0 Å². The van der Waals surface area contributed by atoms with Gasteiger partial charge in [-0.2, -0.15) is 0 Å². The van der Waals surface area contributed by atoms with E-state index in [9.17, 15) is 0 Å². The van der Waals surface area contributed by atoms with E-state index in [0.29, 0.717) is 0 Å². The van der Waals surface area contributed by atoms with Crippen molar-refractivity contribution in [2.24, 2.45) is 5.41 Å². The second-order valence-electron chi connectivity index (χ2n) is 4.96. The van der Waals surface area contributed by atoms with Crippen molar-refractivity contribution in [2.75, 3.05) is 6.26 Å². The molecule has 1 aromatic carbocycles. The average Bonchev–Trinajstić information content (AvgIpc) is 2.63. The maximum Gasteiger partial charge on any atom is 0.176 e. The van der Waals surface area contributed by atoms with Crippen LogP contribution in [0.3, 0.4) is 0 Å². The summed E-state index contributed by atoms with van der Waals surface area (Å²) >= 11 is 1.60. The smallest absolute Gasteiger partial charge is 0.176 e. The number of para-hydroxylation sites is 1. The zero-order chi connectivity index (χ0) is 12.5. The Labute approximate surface area is 107 Å². The summed E-state index contributed by atoms with van der Waals surface area (Å²) in [5.41, 5.74) is 1.94. The fraction of sp³-hybridized carbons (Fsp3) is 0.333. The van der Waals surface area contributed by atoms with Crippen LogP contribution in [-0.4, -0.2) is 6.26 Å². The van der Waals surface area contributed by atoms with E-state index in [0.717, 1.165) is 21.6 Å². The van der Waals surface area contributed by atoms with Crippen molar-refractivity contribution in [3.63, 3.8) is 0 Å². The van der Waals surface area contributed by atoms with Crippen LogP contribution >= 0.6 is 11.8 Å². The van der Waals surface area contributed by atoms with Gasteiger partial charge in [0, 0.05) is 10.8 Å². The lowest BCUT2D eigenvalue weighted by molar-refractivity contribution is 0.513. The molecule has 0 N–H and O–H groups in total. The van der Waals surface area contributed by atoms with Gasteiger partial charge in [-0.1, -0.05) is 35.7 Å². The van der Waals surface area contributed by atoms with E-state index in [1.807, 2.05) is 24.5 Å². The van der Waals surface area contributed by atoms with Crippen LogP contribution in [0.15, 0.2) is 33.8 Å². The molecule has 0 fully saturated rings. The molecular weight excluding hydrogens is 228 g/mol. The Morgan fingerprint density at radius 3 is 2.53 bits per heavy atom. The molecule has 2 heteroatoms. The van der Waals surface area contributed by atoms with Gasteiger partial charge in [0.15, 0.2) is 5.09 Å². The standard InChI is InChI=1S/C15H16OS/c1-15(2,3)10-9-12-11-7-5-6-8-13(11)16-14(12)17-4/h5-8H,1-4H3. The first kappa shape index (κ1) is 12.1. The lowest BCUT2D eigenvalue weighted by Gasteiger charge is -2.06. The van der Waals surface area contributed by atoms with Crippen molar-refractivity contribution >= 4 is 22.7 Å². The second kappa shape index (κ2) is 4.50. The summed E-state index contributed by atoms with van der Waals surface area (Å²) in [4.78, 5) is 0. The van der Waals surface area contributed by atoms with Crippen LogP contribution in [0.1, 0.15) is 26.3 Å². The molecule has 0 atom stereocenters. The maximum atomic E-state index is 5.77. The van der Waals surface area contributed by atoms with Gasteiger partial charge >= 0.3 is 0 Å². The van der Waals surface area contributed by atoms with E-state index in [1.165, 1.54) is 0 Å². The average molecular weight is 244 g/mol. The van der Waals surface area contributed by atoms with Crippen LogP contribution in [0.2, 0.25) is 0 Å². The van der Waals surface area contributed by atoms with Gasteiger partial charge in [0.2, 0.25) is 0 Å². The molecule has 0 aliphatic rings. The number of furan rings is 1. The number of benzene rings is 1. The van der Waals surface area contributed by atoms with Gasteiger partial charge in [-0.3, -0.25) is 0 Å². The fourth-order valence-electron chi connectivity index (χ4n) is 1.54. The SMILES string of the molecule is CSc1oc2ccccc2c1C#CC(C)(C)C. The molecule has 0 amide bonds. The lowest BCUT2D eigenvalue weighted by Crippen LogP contribution is -1.99. The van der Waals surface area contributed by atoms with Gasteiger partial charge < -0.3 is 4.42 Å². The third-order valence-corrected chi connectivity index (χ3v) is 2.97. The molecule has 0 radical (unpaired) electrons. The first-order valence-electron chi connectivity index (χ1n) is 5.60. The van der Waals surface area contributed by atoms with Gasteiger partial charge in [0.1, 0.15) is 5.58 Å². The van der Waals surface area contributed by atoms with Crippen LogP contribution in [0.4, 0.5) is 0 Å². The normalized spacial score (nSPS) is 11.3. The Hall–Kier alpha value is -1.33. The Balaban J connectivity index is 2.61. The first-order valence-corrected chi connectivity index (χ1v) is 6.82. The molecule has 0 unspecified atom stereocenters. The summed E-state index contributed by atoms with van der Waals surface area (Å²) in [6.07, 6.45) is 2.01. The number of thioether (sulfide) groups is 1. The molecule has 1 heterocycles. The molecule has 0 aliphatic carbocycles. The van der Waals surface area contributed by atoms with Gasteiger partial charge in [-0.25, -0.2) is 0 Å². The molecule has 0 saturated heterocycles. The topological polar surface area (TPSA) is 13.1 Å². The predicted molar refractivity (Wildman–Crippen MR) is 74.3 cm³/mol. The molecule has 1 aromatic heterocycles. The van der Waals surface area contributed by atoms with Crippen molar-refractivity contribution in [3.05, 3.63) is 29.8 Å². The highest BCUT2D eigenvalue weighted by atomic mass is 32.2. The minimum atomic E-state index is 0.00799. The molecule has 0 aliphatic heterocycles. The minimum absolute atomic E-state index is 0.00799. The van der Waals surface area contributed by atoms with E-state index < -0.39 is 0 Å². The molecule has 2 aromatic rings. The summed E-state index contributed by atoms with van der Waals surface area (Å²) in [7, 11) is 0. The highest BCUT2D eigenvalue weighted by Crippen LogP contribution is 2.31. The number of rotatable bonds is 1. The highest BCUT2D eigenvalue weighted by molar-refractivity contribution is 7.98. The number of fused-ring (bicyclic) bond motifs is 1. The molecule has 0 saturated carbocycles. The summed E-state index contributed by atoms with van der Waals surface area (Å²) in [5, 5.41) is 2.01. The summed E-state index contributed by atoms with van der Waals surface area (Å²) in [6, 6.07) is 8.05. The van der Waals surface area contributed by atoms with E-state index >= 15 is 0 Å². The molecule has 88 valence electrons. The molecule has 0 spiro atoms. The maximum absolute atomic E-state index is 5.77. The largest absolute Gasteiger partial charge is 0.449 e. The van der Waals surface area contributed by atoms with Gasteiger partial charge in [-0.05, 0) is 39.2 Å². The fourth-order valence-corrected chi connectivity index (χ4v) is 2.07.